The molecule has 3 saturated carbocycles. The summed E-state index contributed by atoms with van der Waals surface area (Å²) in [5, 5.41) is 0. The van der Waals surface area contributed by atoms with Crippen LogP contribution < -0.4 is 0 Å². The highest BCUT2D eigenvalue weighted by molar-refractivity contribution is 5.94. The van der Waals surface area contributed by atoms with Gasteiger partial charge in [0, 0.05) is 18.8 Å². The molecule has 0 amide bonds. The van der Waals surface area contributed by atoms with E-state index in [0.717, 1.165) is 38.5 Å². The Bertz CT molecular complexity index is 799. The van der Waals surface area contributed by atoms with Gasteiger partial charge in [-0.15, -0.1) is 0 Å². The molecule has 5 aliphatic rings. The SMILES string of the molecule is CC(=O)OCC(=O)[C@]12O[C@H]1C[C@H]1[C@@H]3CCC4=CC(=O)CC[C@]4(C)[C@H]3CC[C@@]12C. The number of ether oxygens (including phenoxy) is 2. The number of fused-ring (bicyclic) bond motifs is 7. The average Bonchev–Trinajstić information content (AvgIpc) is 3.32. The number of hydrogen-bond acceptors (Lipinski definition) is 5. The lowest BCUT2D eigenvalue weighted by Gasteiger charge is -2.58. The summed E-state index contributed by atoms with van der Waals surface area (Å²) in [6, 6.07) is 0. The van der Waals surface area contributed by atoms with Crippen molar-refractivity contribution in [1.82, 2.24) is 0 Å². The van der Waals surface area contributed by atoms with Gasteiger partial charge in [0.15, 0.2) is 18.0 Å². The molecule has 5 rings (SSSR count). The van der Waals surface area contributed by atoms with Crippen LogP contribution in [0.1, 0.15) is 65.7 Å². The molecule has 0 spiro atoms. The van der Waals surface area contributed by atoms with Crippen molar-refractivity contribution in [1.29, 1.82) is 0 Å². The van der Waals surface area contributed by atoms with E-state index in [1.54, 1.807) is 0 Å². The number of hydrogen-bond donors (Lipinski definition) is 0. The van der Waals surface area contributed by atoms with Gasteiger partial charge in [0.05, 0.1) is 6.10 Å². The molecule has 0 N–H and O–H groups in total. The van der Waals surface area contributed by atoms with Crippen molar-refractivity contribution in [3.63, 3.8) is 0 Å². The molecule has 152 valence electrons. The molecule has 0 aromatic heterocycles. The average molecular weight is 386 g/mol. The van der Waals surface area contributed by atoms with Gasteiger partial charge in [-0.3, -0.25) is 14.4 Å². The second-order valence-corrected chi connectivity index (χ2v) is 10.2. The van der Waals surface area contributed by atoms with Crippen molar-refractivity contribution in [3.8, 4) is 0 Å². The second-order valence-electron chi connectivity index (χ2n) is 10.2. The number of rotatable bonds is 3. The van der Waals surface area contributed by atoms with E-state index in [-0.39, 0.29) is 35.1 Å². The molecule has 28 heavy (non-hydrogen) atoms. The number of carbonyl (C=O) groups is 3. The van der Waals surface area contributed by atoms with E-state index in [1.165, 1.54) is 12.5 Å². The predicted octanol–water partition coefficient (Wildman–Crippen LogP) is 3.40. The van der Waals surface area contributed by atoms with Gasteiger partial charge < -0.3 is 9.47 Å². The number of esters is 1. The first-order valence-corrected chi connectivity index (χ1v) is 10.8. The summed E-state index contributed by atoms with van der Waals surface area (Å²) >= 11 is 0. The minimum absolute atomic E-state index is 0.0120. The van der Waals surface area contributed by atoms with Crippen LogP contribution in [0.4, 0.5) is 0 Å². The number of Topliss-reactive ketones (excluding diaryl/α,β-unsaturated/α-hetero) is 1. The first kappa shape index (κ1) is 18.5. The summed E-state index contributed by atoms with van der Waals surface area (Å²) in [4.78, 5) is 36.2. The minimum Gasteiger partial charge on any atom is -0.458 e. The second kappa shape index (κ2) is 5.78. The van der Waals surface area contributed by atoms with E-state index in [4.69, 9.17) is 9.47 Å². The molecule has 0 unspecified atom stereocenters. The third-order valence-electron chi connectivity index (χ3n) is 9.21. The van der Waals surface area contributed by atoms with Gasteiger partial charge in [0.25, 0.3) is 0 Å². The lowest BCUT2D eigenvalue weighted by molar-refractivity contribution is -0.152. The molecule has 0 aromatic rings. The normalized spacial score (nSPS) is 48.5. The van der Waals surface area contributed by atoms with Crippen molar-refractivity contribution >= 4 is 17.5 Å². The fourth-order valence-electron chi connectivity index (χ4n) is 7.75. The minimum atomic E-state index is -0.738. The van der Waals surface area contributed by atoms with Gasteiger partial charge >= 0.3 is 5.97 Å². The Labute approximate surface area is 166 Å². The molecule has 1 aliphatic heterocycles. The maximum absolute atomic E-state index is 13.0. The number of ketones is 2. The molecule has 1 heterocycles. The summed E-state index contributed by atoms with van der Waals surface area (Å²) < 4.78 is 11.1. The third-order valence-corrected chi connectivity index (χ3v) is 9.21. The van der Waals surface area contributed by atoms with Crippen LogP contribution in [0.25, 0.3) is 0 Å². The molecule has 1 saturated heterocycles. The molecule has 5 heteroatoms. The third kappa shape index (κ3) is 2.20. The van der Waals surface area contributed by atoms with E-state index in [1.807, 2.05) is 6.08 Å². The van der Waals surface area contributed by atoms with Crippen LogP contribution in [-0.2, 0) is 23.9 Å². The standard InChI is InChI=1S/C23H30O5/c1-13(24)27-12-19(26)23-20(28-23)11-18-16-5-4-14-10-15(25)6-8-21(14,2)17(16)7-9-22(18,23)3/h10,16-18,20H,4-9,11-12H2,1-3H3/t16-,17+,18+,20+,21+,22+,23+/m1/s1. The smallest absolute Gasteiger partial charge is 0.303 e. The van der Waals surface area contributed by atoms with Crippen LogP contribution in [0.2, 0.25) is 0 Å². The lowest BCUT2D eigenvalue weighted by Crippen LogP contribution is -2.55. The topological polar surface area (TPSA) is 73.0 Å². The Kier molecular flexibility index (Phi) is 3.82. The summed E-state index contributed by atoms with van der Waals surface area (Å²) in [6.45, 7) is 5.78. The summed E-state index contributed by atoms with van der Waals surface area (Å²) in [5.41, 5.74) is 0.602. The monoisotopic (exact) mass is 386 g/mol. The Morgan fingerprint density at radius 2 is 1.96 bits per heavy atom. The maximum Gasteiger partial charge on any atom is 0.303 e. The highest BCUT2D eigenvalue weighted by Crippen LogP contribution is 2.73. The van der Waals surface area contributed by atoms with Crippen molar-refractivity contribution in [2.75, 3.05) is 6.61 Å². The Morgan fingerprint density at radius 1 is 1.18 bits per heavy atom. The quantitative estimate of drug-likeness (QED) is 0.549. The highest BCUT2D eigenvalue weighted by Gasteiger charge is 2.80. The van der Waals surface area contributed by atoms with E-state index >= 15 is 0 Å². The summed E-state index contributed by atoms with van der Waals surface area (Å²) in [6.07, 6.45) is 8.68. The van der Waals surface area contributed by atoms with Crippen LogP contribution in [0.5, 0.6) is 0 Å². The molecule has 5 nitrogen and oxygen atoms in total. The van der Waals surface area contributed by atoms with Gasteiger partial charge in [-0.1, -0.05) is 19.4 Å². The first-order valence-electron chi connectivity index (χ1n) is 10.8. The predicted molar refractivity (Wildman–Crippen MR) is 101 cm³/mol. The Morgan fingerprint density at radius 3 is 2.71 bits per heavy atom. The van der Waals surface area contributed by atoms with Crippen LogP contribution >= 0.6 is 0 Å². The van der Waals surface area contributed by atoms with E-state index < -0.39 is 11.6 Å². The fourth-order valence-corrected chi connectivity index (χ4v) is 7.75. The number of allylic oxidation sites excluding steroid dienone is 1. The molecule has 0 radical (unpaired) electrons. The van der Waals surface area contributed by atoms with Crippen molar-refractivity contribution in [3.05, 3.63) is 11.6 Å². The fraction of sp³-hybridized carbons (Fsp3) is 0.783. The van der Waals surface area contributed by atoms with Crippen molar-refractivity contribution in [2.45, 2.75) is 77.4 Å². The Balaban J connectivity index is 1.42. The van der Waals surface area contributed by atoms with Crippen molar-refractivity contribution in [2.24, 2.45) is 28.6 Å². The van der Waals surface area contributed by atoms with Gasteiger partial charge in [-0.05, 0) is 67.8 Å². The molecule has 7 atom stereocenters. The van der Waals surface area contributed by atoms with Gasteiger partial charge in [0.2, 0.25) is 5.78 Å². The molecule has 0 aromatic carbocycles. The zero-order valence-electron chi connectivity index (χ0n) is 17.1. The zero-order chi connectivity index (χ0) is 19.9. The van der Waals surface area contributed by atoms with Crippen LogP contribution in [0.3, 0.4) is 0 Å². The van der Waals surface area contributed by atoms with E-state index in [0.29, 0.717) is 24.2 Å². The molecule has 0 bridgehead atoms. The molecule has 4 aliphatic carbocycles. The zero-order valence-corrected chi connectivity index (χ0v) is 17.1. The van der Waals surface area contributed by atoms with E-state index in [2.05, 4.69) is 13.8 Å². The first-order chi connectivity index (χ1) is 13.2. The van der Waals surface area contributed by atoms with Crippen LogP contribution in [0, 0.1) is 28.6 Å². The van der Waals surface area contributed by atoms with Crippen LogP contribution in [-0.4, -0.2) is 35.8 Å². The summed E-state index contributed by atoms with van der Waals surface area (Å²) in [7, 11) is 0. The molecule has 4 fully saturated rings. The van der Waals surface area contributed by atoms with E-state index in [9.17, 15) is 14.4 Å². The van der Waals surface area contributed by atoms with Gasteiger partial charge in [-0.2, -0.15) is 0 Å². The number of carbonyl (C=O) groups excluding carboxylic acids is 3. The summed E-state index contributed by atoms with van der Waals surface area (Å²) in [5.74, 6) is 1.47. The van der Waals surface area contributed by atoms with Crippen LogP contribution in [0.15, 0.2) is 11.6 Å². The van der Waals surface area contributed by atoms with Crippen molar-refractivity contribution < 1.29 is 23.9 Å². The number of epoxide rings is 1. The molecular formula is C23H30O5. The Hall–Kier alpha value is -1.49. The highest BCUT2D eigenvalue weighted by atomic mass is 16.6. The molecular weight excluding hydrogens is 356 g/mol. The maximum atomic E-state index is 13.0. The van der Waals surface area contributed by atoms with Gasteiger partial charge in [-0.25, -0.2) is 0 Å². The van der Waals surface area contributed by atoms with Gasteiger partial charge in [0.1, 0.15) is 0 Å². The largest absolute Gasteiger partial charge is 0.458 e. The lowest BCUT2D eigenvalue weighted by atomic mass is 9.46.